The molecule has 16 aromatic carbocycles. The van der Waals surface area contributed by atoms with E-state index >= 15 is 0 Å². The first kappa shape index (κ1) is 68.3. The normalized spacial score (nSPS) is 13.1. The Balaban J connectivity index is 0.997. The van der Waals surface area contributed by atoms with Crippen molar-refractivity contribution in [1.82, 2.24) is 9.13 Å². The van der Waals surface area contributed by atoms with Gasteiger partial charge in [0.05, 0.1) is 46.0 Å². The number of nitrogens with zero attached hydrogens (tertiary/aromatic N) is 5. The van der Waals surface area contributed by atoms with Crippen LogP contribution in [-0.2, 0) is 10.8 Å². The third kappa shape index (κ3) is 11.3. The number of anilines is 3. The van der Waals surface area contributed by atoms with Crippen LogP contribution in [0.5, 0.6) is 0 Å². The number of fused-ring (bicyclic) bond motifs is 10. The molecule has 18 aromatic rings. The summed E-state index contributed by atoms with van der Waals surface area (Å²) >= 11 is 0. The van der Waals surface area contributed by atoms with Gasteiger partial charge in [-0.15, -0.1) is 0 Å². The summed E-state index contributed by atoms with van der Waals surface area (Å²) in [5.41, 5.74) is 33.8. The Morgan fingerprint density at radius 2 is 0.770 bits per heavy atom. The Hall–Kier alpha value is -14.0. The largest absolute Gasteiger partial charge is 0.310 e. The van der Waals surface area contributed by atoms with E-state index in [1.54, 1.807) is 0 Å². The van der Waals surface area contributed by atoms with Crippen LogP contribution in [-0.4, -0.2) is 15.8 Å². The standard InChI is InChI=1S/C107H78BN5/c1-106(2,3)77-61-87(73-40-29-38-71(57-73)68-31-11-8-12-32-68)102(89(63-77)81-42-18-17-37-75(81)67-109)103-91-65-79(111-96-49-25-20-44-83(96)84-45-21-26-50-97(84)111)53-55-93(91)108-94-56-54-80(112-98-51-27-22-46-85(98)86-47-23-28-52-99(86)112)66-100(94)113(101-60-76(59-92(103)104(101)108)70-35-15-10-16-36-70)105-88(74-41-30-39-72(58-74)69-33-13-9-14-34-69)62-78(107(4,5)6)64-90(105)82-43-19-24-48-95(82)110-7/h8-66,103H,1-6H3. The number of hydrogen-bond donors (Lipinski definition) is 0. The maximum absolute atomic E-state index is 11.7. The SMILES string of the molecule is [C-]#[N+]c1ccccc1-c1cc(C(C)(C)C)cc(-c2cccc(-c3ccccc3)c2)c1N1c2cc(-n3c4ccccc4c4ccccc43)ccc2B2c3ccc(-n4c5ccccc5c5ccccc54)cc3C(c3c(-c4cccc(-c5ccccc5)c4)cc(C(C)(C)C)cc3-c3ccccc3C#N)c3cc(-c4ccccc4)cc1c32. The summed E-state index contributed by atoms with van der Waals surface area (Å²) < 4.78 is 4.94. The Kier molecular flexibility index (Phi) is 16.3. The minimum absolute atomic E-state index is 0.334. The summed E-state index contributed by atoms with van der Waals surface area (Å²) in [6.45, 7) is 22.7. The molecule has 0 bridgehead atoms. The zero-order chi connectivity index (χ0) is 76.4. The van der Waals surface area contributed by atoms with Gasteiger partial charge >= 0.3 is 0 Å². The molecule has 1 unspecified atom stereocenters. The van der Waals surface area contributed by atoms with Gasteiger partial charge in [0.15, 0.2) is 5.69 Å². The fourth-order valence-electron chi connectivity index (χ4n) is 18.4. The van der Waals surface area contributed by atoms with Crippen LogP contribution in [0.3, 0.4) is 0 Å². The summed E-state index contributed by atoms with van der Waals surface area (Å²) in [4.78, 5) is 7.08. The lowest BCUT2D eigenvalue weighted by Crippen LogP contribution is -2.62. The van der Waals surface area contributed by atoms with Crippen LogP contribution >= 0.6 is 0 Å². The van der Waals surface area contributed by atoms with E-state index in [0.29, 0.717) is 11.3 Å². The van der Waals surface area contributed by atoms with Gasteiger partial charge in [0.25, 0.3) is 0 Å². The highest BCUT2D eigenvalue weighted by molar-refractivity contribution is 6.99. The van der Waals surface area contributed by atoms with Crippen LogP contribution in [0.4, 0.5) is 22.7 Å². The summed E-state index contributed by atoms with van der Waals surface area (Å²) in [5.74, 6) is -0.509. The molecule has 0 saturated carbocycles. The number of hydrogen-bond acceptors (Lipinski definition) is 2. The van der Waals surface area contributed by atoms with Crippen molar-refractivity contribution in [3.8, 4) is 95.3 Å². The Morgan fingerprint density at radius 3 is 1.31 bits per heavy atom. The zero-order valence-corrected chi connectivity index (χ0v) is 64.0. The van der Waals surface area contributed by atoms with Crippen molar-refractivity contribution in [2.45, 2.75) is 58.3 Å². The van der Waals surface area contributed by atoms with Gasteiger partial charge in [-0.05, 0) is 207 Å². The fourth-order valence-corrected chi connectivity index (χ4v) is 18.4. The highest BCUT2D eigenvalue weighted by Gasteiger charge is 2.47. The molecular weight excluding hydrogens is 1370 g/mol. The number of aromatic nitrogens is 2. The highest BCUT2D eigenvalue weighted by atomic mass is 15.2. The summed E-state index contributed by atoms with van der Waals surface area (Å²) in [6.07, 6.45) is 0. The van der Waals surface area contributed by atoms with Crippen LogP contribution in [0.15, 0.2) is 358 Å². The average molecular weight is 1440 g/mol. The first-order valence-electron chi connectivity index (χ1n) is 39.2. The number of para-hydroxylation sites is 5. The lowest BCUT2D eigenvalue weighted by molar-refractivity contribution is 0.590. The molecule has 0 aliphatic carbocycles. The maximum Gasteiger partial charge on any atom is 0.247 e. The van der Waals surface area contributed by atoms with E-state index in [0.717, 1.165) is 156 Å². The van der Waals surface area contributed by atoms with Crippen LogP contribution in [0, 0.1) is 17.9 Å². The van der Waals surface area contributed by atoms with Gasteiger partial charge in [0.2, 0.25) is 6.71 Å². The topological polar surface area (TPSA) is 41.2 Å². The Bertz CT molecular complexity index is 6490. The van der Waals surface area contributed by atoms with E-state index in [-0.39, 0.29) is 17.5 Å². The zero-order valence-electron chi connectivity index (χ0n) is 64.0. The van der Waals surface area contributed by atoms with E-state index in [1.807, 2.05) is 24.3 Å². The fraction of sp³-hybridized carbons (Fsp3) is 0.0841. The first-order chi connectivity index (χ1) is 55.3. The number of rotatable bonds is 11. The van der Waals surface area contributed by atoms with Gasteiger partial charge < -0.3 is 14.0 Å². The number of benzene rings is 16. The van der Waals surface area contributed by atoms with Gasteiger partial charge in [-0.25, -0.2) is 4.85 Å². The summed E-state index contributed by atoms with van der Waals surface area (Å²) in [6, 6.07) is 135. The molecule has 6 heteroatoms. The second-order valence-electron chi connectivity index (χ2n) is 32.4. The van der Waals surface area contributed by atoms with E-state index in [9.17, 15) is 5.26 Å². The predicted octanol–water partition coefficient (Wildman–Crippen LogP) is 26.4. The predicted molar refractivity (Wildman–Crippen MR) is 475 cm³/mol. The second-order valence-corrected chi connectivity index (χ2v) is 32.4. The molecule has 0 fully saturated rings. The van der Waals surface area contributed by atoms with Gasteiger partial charge in [0, 0.05) is 55.8 Å². The highest BCUT2D eigenvalue weighted by Crippen LogP contribution is 2.56. The Morgan fingerprint density at radius 1 is 0.336 bits per heavy atom. The molecule has 5 nitrogen and oxygen atoms in total. The monoisotopic (exact) mass is 1440 g/mol. The Labute approximate surface area is 660 Å². The molecule has 0 N–H and O–H groups in total. The van der Waals surface area contributed by atoms with Crippen LogP contribution < -0.4 is 21.3 Å². The van der Waals surface area contributed by atoms with E-state index in [2.05, 4.69) is 400 Å². The van der Waals surface area contributed by atoms with Crippen molar-refractivity contribution < 1.29 is 0 Å². The van der Waals surface area contributed by atoms with Crippen LogP contribution in [0.2, 0.25) is 0 Å². The molecule has 0 amide bonds. The minimum atomic E-state index is -0.509. The molecule has 0 radical (unpaired) electrons. The van der Waals surface area contributed by atoms with E-state index in [4.69, 9.17) is 6.57 Å². The molecule has 1 atom stereocenters. The van der Waals surface area contributed by atoms with Crippen LogP contribution in [0.25, 0.3) is 138 Å². The van der Waals surface area contributed by atoms with Crippen molar-refractivity contribution in [2.24, 2.45) is 0 Å². The smallest absolute Gasteiger partial charge is 0.247 e. The third-order valence-corrected chi connectivity index (χ3v) is 23.8. The van der Waals surface area contributed by atoms with Gasteiger partial charge in [0.1, 0.15) is 0 Å². The van der Waals surface area contributed by atoms with Gasteiger partial charge in [-0.1, -0.05) is 320 Å². The van der Waals surface area contributed by atoms with Crippen LogP contribution in [0.1, 0.15) is 80.8 Å². The second kappa shape index (κ2) is 26.9. The van der Waals surface area contributed by atoms with Crippen molar-refractivity contribution in [2.75, 3.05) is 4.90 Å². The van der Waals surface area contributed by atoms with Crippen molar-refractivity contribution >= 4 is 89.5 Å². The number of nitriles is 1. The van der Waals surface area contributed by atoms with Crippen molar-refractivity contribution in [3.05, 3.63) is 403 Å². The summed E-state index contributed by atoms with van der Waals surface area (Å²) in [5, 5.41) is 16.4. The molecule has 113 heavy (non-hydrogen) atoms. The molecule has 4 heterocycles. The molecule has 0 spiro atoms. The molecule has 534 valence electrons. The molecule has 20 rings (SSSR count). The first-order valence-corrected chi connectivity index (χ1v) is 39.2. The van der Waals surface area contributed by atoms with E-state index in [1.165, 1.54) is 38.0 Å². The molecular formula is C107H78BN5. The lowest BCUT2D eigenvalue weighted by Gasteiger charge is -2.45. The van der Waals surface area contributed by atoms with Gasteiger partial charge in [-0.3, -0.25) is 0 Å². The molecule has 0 saturated heterocycles. The van der Waals surface area contributed by atoms with Crippen molar-refractivity contribution in [3.63, 3.8) is 0 Å². The summed E-state index contributed by atoms with van der Waals surface area (Å²) in [7, 11) is 0. The lowest BCUT2D eigenvalue weighted by atomic mass is 9.31. The quantitative estimate of drug-likeness (QED) is 0.0957. The molecule has 2 aromatic heterocycles. The average Bonchev–Trinajstić information content (AvgIpc) is 1.28. The molecule has 2 aliphatic rings. The third-order valence-electron chi connectivity index (χ3n) is 23.8. The van der Waals surface area contributed by atoms with E-state index < -0.39 is 5.92 Å². The maximum atomic E-state index is 11.7. The van der Waals surface area contributed by atoms with Crippen molar-refractivity contribution in [1.29, 1.82) is 5.26 Å². The molecule has 2 aliphatic heterocycles. The van der Waals surface area contributed by atoms with Gasteiger partial charge in [-0.2, -0.15) is 5.26 Å². The minimum Gasteiger partial charge on any atom is -0.310 e.